The Kier molecular flexibility index (Phi) is 4.63. The summed E-state index contributed by atoms with van der Waals surface area (Å²) in [6, 6.07) is 6.57. The van der Waals surface area contributed by atoms with Gasteiger partial charge in [-0.25, -0.2) is 0 Å². The fourth-order valence-corrected chi connectivity index (χ4v) is 1.98. The molecule has 0 heterocycles. The molecule has 0 saturated heterocycles. The first-order valence-electron chi connectivity index (χ1n) is 5.08. The number of benzene rings is 1. The standard InChI is InChI=1S/C12H18BrN/c1-9(5-6-14)7-11-4-3-10(2)12(13)8-11/h3-4,8-9H,5-7,14H2,1-2H3. The van der Waals surface area contributed by atoms with Gasteiger partial charge in [-0.1, -0.05) is 35.0 Å². The molecule has 0 fully saturated rings. The summed E-state index contributed by atoms with van der Waals surface area (Å²) in [6.07, 6.45) is 2.22. The van der Waals surface area contributed by atoms with E-state index in [0.717, 1.165) is 19.4 Å². The lowest BCUT2D eigenvalue weighted by Gasteiger charge is -2.10. The molecule has 0 amide bonds. The van der Waals surface area contributed by atoms with Gasteiger partial charge in [-0.05, 0) is 49.4 Å². The summed E-state index contributed by atoms with van der Waals surface area (Å²) < 4.78 is 1.20. The predicted molar refractivity (Wildman–Crippen MR) is 65.4 cm³/mol. The molecular formula is C12H18BrN. The Labute approximate surface area is 94.8 Å². The van der Waals surface area contributed by atoms with Gasteiger partial charge in [-0.2, -0.15) is 0 Å². The fraction of sp³-hybridized carbons (Fsp3) is 0.500. The van der Waals surface area contributed by atoms with Crippen LogP contribution in [0.15, 0.2) is 22.7 Å². The van der Waals surface area contributed by atoms with E-state index in [1.165, 1.54) is 15.6 Å². The van der Waals surface area contributed by atoms with Crippen molar-refractivity contribution in [2.24, 2.45) is 11.7 Å². The molecule has 0 aliphatic heterocycles. The summed E-state index contributed by atoms with van der Waals surface area (Å²) in [5, 5.41) is 0. The van der Waals surface area contributed by atoms with Gasteiger partial charge in [-0.15, -0.1) is 0 Å². The highest BCUT2D eigenvalue weighted by atomic mass is 79.9. The van der Waals surface area contributed by atoms with Crippen molar-refractivity contribution < 1.29 is 0 Å². The van der Waals surface area contributed by atoms with Gasteiger partial charge in [0.05, 0.1) is 0 Å². The first-order chi connectivity index (χ1) is 6.63. The van der Waals surface area contributed by atoms with E-state index in [-0.39, 0.29) is 0 Å². The Morgan fingerprint density at radius 3 is 2.71 bits per heavy atom. The molecule has 1 atom stereocenters. The second-order valence-electron chi connectivity index (χ2n) is 3.97. The van der Waals surface area contributed by atoms with Crippen LogP contribution in [0.3, 0.4) is 0 Å². The predicted octanol–water partition coefficient (Wildman–Crippen LogP) is 3.28. The van der Waals surface area contributed by atoms with Crippen molar-refractivity contribution in [2.45, 2.75) is 26.7 Å². The van der Waals surface area contributed by atoms with Crippen molar-refractivity contribution >= 4 is 15.9 Å². The molecule has 0 aliphatic carbocycles. The highest BCUT2D eigenvalue weighted by Gasteiger charge is 2.03. The smallest absolute Gasteiger partial charge is 0.0207 e. The van der Waals surface area contributed by atoms with Crippen LogP contribution in [0.5, 0.6) is 0 Å². The Morgan fingerprint density at radius 2 is 2.14 bits per heavy atom. The molecule has 1 aromatic carbocycles. The zero-order valence-electron chi connectivity index (χ0n) is 8.89. The molecule has 2 heteroatoms. The van der Waals surface area contributed by atoms with Crippen LogP contribution in [0.2, 0.25) is 0 Å². The van der Waals surface area contributed by atoms with E-state index < -0.39 is 0 Å². The Bertz CT molecular complexity index is 296. The van der Waals surface area contributed by atoms with Gasteiger partial charge in [0.2, 0.25) is 0 Å². The van der Waals surface area contributed by atoms with Crippen molar-refractivity contribution in [3.05, 3.63) is 33.8 Å². The number of hydrogen-bond donors (Lipinski definition) is 1. The molecule has 0 radical (unpaired) electrons. The number of halogens is 1. The maximum atomic E-state index is 5.53. The maximum absolute atomic E-state index is 5.53. The highest BCUT2D eigenvalue weighted by molar-refractivity contribution is 9.10. The van der Waals surface area contributed by atoms with E-state index in [9.17, 15) is 0 Å². The van der Waals surface area contributed by atoms with E-state index >= 15 is 0 Å². The first kappa shape index (κ1) is 11.7. The van der Waals surface area contributed by atoms with Crippen LogP contribution >= 0.6 is 15.9 Å². The molecule has 78 valence electrons. The lowest BCUT2D eigenvalue weighted by molar-refractivity contribution is 0.538. The third kappa shape index (κ3) is 3.43. The molecular weight excluding hydrogens is 238 g/mol. The zero-order chi connectivity index (χ0) is 10.6. The number of aryl methyl sites for hydroxylation is 1. The van der Waals surface area contributed by atoms with Crippen molar-refractivity contribution in [1.82, 2.24) is 0 Å². The van der Waals surface area contributed by atoms with E-state index in [1.807, 2.05) is 0 Å². The molecule has 1 rings (SSSR count). The van der Waals surface area contributed by atoms with Crippen molar-refractivity contribution in [2.75, 3.05) is 6.54 Å². The van der Waals surface area contributed by atoms with E-state index in [2.05, 4.69) is 48.0 Å². The van der Waals surface area contributed by atoms with Gasteiger partial charge < -0.3 is 5.73 Å². The molecule has 0 aromatic heterocycles. The van der Waals surface area contributed by atoms with Crippen LogP contribution in [0, 0.1) is 12.8 Å². The largest absolute Gasteiger partial charge is 0.330 e. The minimum absolute atomic E-state index is 0.676. The summed E-state index contributed by atoms with van der Waals surface area (Å²) in [6.45, 7) is 5.14. The van der Waals surface area contributed by atoms with Gasteiger partial charge in [-0.3, -0.25) is 0 Å². The van der Waals surface area contributed by atoms with Crippen LogP contribution < -0.4 is 5.73 Å². The Hall–Kier alpha value is -0.340. The topological polar surface area (TPSA) is 26.0 Å². The van der Waals surface area contributed by atoms with E-state index in [4.69, 9.17) is 5.73 Å². The summed E-state index contributed by atoms with van der Waals surface area (Å²) in [5.41, 5.74) is 8.21. The van der Waals surface area contributed by atoms with Crippen molar-refractivity contribution in [3.63, 3.8) is 0 Å². The fourth-order valence-electron chi connectivity index (χ4n) is 1.55. The second kappa shape index (κ2) is 5.52. The lowest BCUT2D eigenvalue weighted by atomic mass is 9.98. The van der Waals surface area contributed by atoms with Gasteiger partial charge in [0.1, 0.15) is 0 Å². The SMILES string of the molecule is Cc1ccc(CC(C)CCN)cc1Br. The van der Waals surface area contributed by atoms with E-state index in [0.29, 0.717) is 5.92 Å². The average molecular weight is 256 g/mol. The zero-order valence-corrected chi connectivity index (χ0v) is 10.5. The van der Waals surface area contributed by atoms with Gasteiger partial charge >= 0.3 is 0 Å². The minimum Gasteiger partial charge on any atom is -0.330 e. The Morgan fingerprint density at radius 1 is 1.43 bits per heavy atom. The number of nitrogens with two attached hydrogens (primary N) is 1. The van der Waals surface area contributed by atoms with Gasteiger partial charge in [0, 0.05) is 4.47 Å². The molecule has 1 nitrogen and oxygen atoms in total. The maximum Gasteiger partial charge on any atom is 0.0207 e. The number of hydrogen-bond acceptors (Lipinski definition) is 1. The van der Waals surface area contributed by atoms with Gasteiger partial charge in [0.15, 0.2) is 0 Å². The number of rotatable bonds is 4. The van der Waals surface area contributed by atoms with Crippen molar-refractivity contribution in [1.29, 1.82) is 0 Å². The quantitative estimate of drug-likeness (QED) is 0.878. The summed E-state index contributed by atoms with van der Waals surface area (Å²) >= 11 is 3.55. The third-order valence-corrected chi connectivity index (χ3v) is 3.33. The normalized spacial score (nSPS) is 12.9. The molecule has 14 heavy (non-hydrogen) atoms. The first-order valence-corrected chi connectivity index (χ1v) is 5.88. The monoisotopic (exact) mass is 255 g/mol. The highest BCUT2D eigenvalue weighted by Crippen LogP contribution is 2.20. The molecule has 2 N–H and O–H groups in total. The van der Waals surface area contributed by atoms with Crippen LogP contribution in [-0.2, 0) is 6.42 Å². The third-order valence-electron chi connectivity index (χ3n) is 2.48. The summed E-state index contributed by atoms with van der Waals surface area (Å²) in [4.78, 5) is 0. The Balaban J connectivity index is 2.63. The molecule has 0 bridgehead atoms. The van der Waals surface area contributed by atoms with E-state index in [1.54, 1.807) is 0 Å². The van der Waals surface area contributed by atoms with Crippen molar-refractivity contribution in [3.8, 4) is 0 Å². The lowest BCUT2D eigenvalue weighted by Crippen LogP contribution is -2.08. The average Bonchev–Trinajstić information content (AvgIpc) is 2.12. The van der Waals surface area contributed by atoms with Crippen LogP contribution in [0.25, 0.3) is 0 Å². The van der Waals surface area contributed by atoms with Crippen LogP contribution in [0.1, 0.15) is 24.5 Å². The molecule has 1 unspecified atom stereocenters. The molecule has 1 aromatic rings. The summed E-state index contributed by atoms with van der Waals surface area (Å²) in [5.74, 6) is 0.676. The molecule has 0 saturated carbocycles. The van der Waals surface area contributed by atoms with Crippen LogP contribution in [-0.4, -0.2) is 6.54 Å². The van der Waals surface area contributed by atoms with Gasteiger partial charge in [0.25, 0.3) is 0 Å². The second-order valence-corrected chi connectivity index (χ2v) is 4.82. The van der Waals surface area contributed by atoms with Crippen LogP contribution in [0.4, 0.5) is 0 Å². The summed E-state index contributed by atoms with van der Waals surface area (Å²) in [7, 11) is 0. The molecule has 0 aliphatic rings. The molecule has 0 spiro atoms. The minimum atomic E-state index is 0.676.